The number of carbonyl (C=O) groups excluding carboxylic acids is 1. The van der Waals surface area contributed by atoms with Gasteiger partial charge in [-0.1, -0.05) is 56.0 Å². The molecule has 0 saturated carbocycles. The highest BCUT2D eigenvalue weighted by molar-refractivity contribution is 9.10. The van der Waals surface area contributed by atoms with Gasteiger partial charge in [0.05, 0.1) is 0 Å². The molecule has 0 aliphatic carbocycles. The van der Waals surface area contributed by atoms with E-state index >= 15 is 0 Å². The number of unbranched alkanes of at least 4 members (excludes halogenated alkanes) is 2. The Kier molecular flexibility index (Phi) is 6.78. The van der Waals surface area contributed by atoms with Crippen LogP contribution < -0.4 is 5.32 Å². The first-order valence-electron chi connectivity index (χ1n) is 7.19. The standard InChI is InChI=1S/C16H22BrF2NO/c1-4-5-6-7-16(2,3)10-20-15(21)14-12(18)8-11(17)9-13(14)19/h8-9H,4-7,10H2,1-3H3,(H,20,21). The summed E-state index contributed by atoms with van der Waals surface area (Å²) < 4.78 is 27.7. The Bertz CT molecular complexity index is 480. The maximum absolute atomic E-state index is 13.7. The van der Waals surface area contributed by atoms with Crippen LogP contribution in [0.2, 0.25) is 0 Å². The highest BCUT2D eigenvalue weighted by Gasteiger charge is 2.22. The van der Waals surface area contributed by atoms with Gasteiger partial charge in [0.1, 0.15) is 17.2 Å². The molecule has 118 valence electrons. The lowest BCUT2D eigenvalue weighted by Gasteiger charge is -2.25. The topological polar surface area (TPSA) is 29.1 Å². The monoisotopic (exact) mass is 361 g/mol. The zero-order valence-electron chi connectivity index (χ0n) is 12.7. The quantitative estimate of drug-likeness (QED) is 0.675. The van der Waals surface area contributed by atoms with Gasteiger partial charge in [-0.05, 0) is 24.0 Å². The predicted octanol–water partition coefficient (Wildman–Crippen LogP) is 5.06. The van der Waals surface area contributed by atoms with Crippen LogP contribution in [0.4, 0.5) is 8.78 Å². The maximum atomic E-state index is 13.7. The lowest BCUT2D eigenvalue weighted by molar-refractivity contribution is 0.0925. The molecule has 1 rings (SSSR count). The molecule has 0 saturated heterocycles. The van der Waals surface area contributed by atoms with Crippen molar-refractivity contribution < 1.29 is 13.6 Å². The van der Waals surface area contributed by atoms with Crippen LogP contribution in [0.25, 0.3) is 0 Å². The van der Waals surface area contributed by atoms with Gasteiger partial charge < -0.3 is 5.32 Å². The van der Waals surface area contributed by atoms with Crippen LogP contribution in [-0.4, -0.2) is 12.5 Å². The summed E-state index contributed by atoms with van der Waals surface area (Å²) in [4.78, 5) is 12.0. The highest BCUT2D eigenvalue weighted by atomic mass is 79.9. The van der Waals surface area contributed by atoms with Crippen LogP contribution in [0.5, 0.6) is 0 Å². The molecular weight excluding hydrogens is 340 g/mol. The van der Waals surface area contributed by atoms with E-state index in [4.69, 9.17) is 0 Å². The van der Waals surface area contributed by atoms with E-state index < -0.39 is 23.1 Å². The smallest absolute Gasteiger partial charge is 0.257 e. The molecule has 0 aliphatic heterocycles. The predicted molar refractivity (Wildman–Crippen MR) is 84.3 cm³/mol. The molecule has 0 aliphatic rings. The second-order valence-electron chi connectivity index (χ2n) is 6.05. The molecule has 0 aromatic heterocycles. The number of hydrogen-bond acceptors (Lipinski definition) is 1. The zero-order chi connectivity index (χ0) is 16.0. The van der Waals surface area contributed by atoms with Gasteiger partial charge in [0.2, 0.25) is 0 Å². The van der Waals surface area contributed by atoms with Crippen molar-refractivity contribution in [1.82, 2.24) is 5.32 Å². The number of hydrogen-bond donors (Lipinski definition) is 1. The summed E-state index contributed by atoms with van der Waals surface area (Å²) in [6.07, 6.45) is 4.33. The van der Waals surface area contributed by atoms with E-state index in [1.165, 1.54) is 0 Å². The minimum atomic E-state index is -0.858. The van der Waals surface area contributed by atoms with Crippen LogP contribution >= 0.6 is 15.9 Å². The van der Waals surface area contributed by atoms with Crippen LogP contribution in [0.3, 0.4) is 0 Å². The summed E-state index contributed by atoms with van der Waals surface area (Å²) in [6, 6.07) is 2.18. The van der Waals surface area contributed by atoms with Crippen molar-refractivity contribution in [2.24, 2.45) is 5.41 Å². The van der Waals surface area contributed by atoms with Gasteiger partial charge in [0.25, 0.3) is 5.91 Å². The summed E-state index contributed by atoms with van der Waals surface area (Å²) in [7, 11) is 0. The largest absolute Gasteiger partial charge is 0.351 e. The van der Waals surface area contributed by atoms with E-state index in [-0.39, 0.29) is 9.89 Å². The molecule has 0 spiro atoms. The molecule has 0 atom stereocenters. The Morgan fingerprint density at radius 3 is 2.33 bits per heavy atom. The van der Waals surface area contributed by atoms with Crippen molar-refractivity contribution in [2.45, 2.75) is 46.5 Å². The van der Waals surface area contributed by atoms with Crippen molar-refractivity contribution >= 4 is 21.8 Å². The third kappa shape index (κ3) is 5.73. The second-order valence-corrected chi connectivity index (χ2v) is 6.96. The number of rotatable bonds is 7. The lowest BCUT2D eigenvalue weighted by atomic mass is 9.87. The fraction of sp³-hybridized carbons (Fsp3) is 0.562. The number of benzene rings is 1. The molecule has 0 heterocycles. The van der Waals surface area contributed by atoms with E-state index in [1.54, 1.807) is 0 Å². The Morgan fingerprint density at radius 1 is 1.24 bits per heavy atom. The van der Waals surface area contributed by atoms with Crippen LogP contribution in [0.1, 0.15) is 56.8 Å². The molecule has 1 aromatic rings. The molecule has 0 unspecified atom stereocenters. The highest BCUT2D eigenvalue weighted by Crippen LogP contribution is 2.24. The Balaban J connectivity index is 2.66. The molecule has 0 radical (unpaired) electrons. The molecule has 0 fully saturated rings. The van der Waals surface area contributed by atoms with Crippen molar-refractivity contribution in [3.63, 3.8) is 0 Å². The summed E-state index contributed by atoms with van der Waals surface area (Å²) in [6.45, 7) is 6.60. The molecule has 1 aromatic carbocycles. The first-order chi connectivity index (χ1) is 9.76. The summed E-state index contributed by atoms with van der Waals surface area (Å²) in [5.41, 5.74) is -0.616. The average Bonchev–Trinajstić information content (AvgIpc) is 2.35. The van der Waals surface area contributed by atoms with E-state index in [0.717, 1.165) is 37.8 Å². The summed E-state index contributed by atoms with van der Waals surface area (Å²) >= 11 is 2.99. The molecule has 21 heavy (non-hydrogen) atoms. The Hall–Kier alpha value is -0.970. The minimum Gasteiger partial charge on any atom is -0.351 e. The number of amides is 1. The van der Waals surface area contributed by atoms with E-state index in [9.17, 15) is 13.6 Å². The van der Waals surface area contributed by atoms with E-state index in [0.29, 0.717) is 6.54 Å². The summed E-state index contributed by atoms with van der Waals surface area (Å²) in [5, 5.41) is 2.63. The third-order valence-electron chi connectivity index (χ3n) is 3.42. The lowest BCUT2D eigenvalue weighted by Crippen LogP contribution is -2.35. The Labute approximate surface area is 133 Å². The average molecular weight is 362 g/mol. The molecule has 5 heteroatoms. The van der Waals surface area contributed by atoms with Crippen molar-refractivity contribution in [3.05, 3.63) is 33.8 Å². The third-order valence-corrected chi connectivity index (χ3v) is 3.88. The van der Waals surface area contributed by atoms with Gasteiger partial charge in [-0.15, -0.1) is 0 Å². The fourth-order valence-corrected chi connectivity index (χ4v) is 2.51. The molecule has 2 nitrogen and oxygen atoms in total. The first kappa shape index (κ1) is 18.1. The van der Waals surface area contributed by atoms with E-state index in [1.807, 2.05) is 13.8 Å². The second kappa shape index (κ2) is 7.87. The Morgan fingerprint density at radius 2 is 1.81 bits per heavy atom. The van der Waals surface area contributed by atoms with Crippen LogP contribution in [-0.2, 0) is 0 Å². The summed E-state index contributed by atoms with van der Waals surface area (Å²) in [5.74, 6) is -2.42. The minimum absolute atomic E-state index is 0.0901. The van der Waals surface area contributed by atoms with Gasteiger partial charge in [0, 0.05) is 11.0 Å². The molecule has 1 amide bonds. The van der Waals surface area contributed by atoms with Gasteiger partial charge >= 0.3 is 0 Å². The van der Waals surface area contributed by atoms with Crippen molar-refractivity contribution in [2.75, 3.05) is 6.54 Å². The maximum Gasteiger partial charge on any atom is 0.257 e. The normalized spacial score (nSPS) is 11.5. The van der Waals surface area contributed by atoms with Gasteiger partial charge in [-0.2, -0.15) is 0 Å². The molecular formula is C16H22BrF2NO. The first-order valence-corrected chi connectivity index (χ1v) is 7.99. The number of nitrogens with one attached hydrogen (secondary N) is 1. The van der Waals surface area contributed by atoms with Crippen molar-refractivity contribution in [3.8, 4) is 0 Å². The van der Waals surface area contributed by atoms with Gasteiger partial charge in [-0.3, -0.25) is 4.79 Å². The number of carbonyl (C=O) groups is 1. The molecule has 1 N–H and O–H groups in total. The van der Waals surface area contributed by atoms with Crippen LogP contribution in [0, 0.1) is 17.0 Å². The van der Waals surface area contributed by atoms with Crippen LogP contribution in [0.15, 0.2) is 16.6 Å². The zero-order valence-corrected chi connectivity index (χ0v) is 14.3. The number of halogens is 3. The fourth-order valence-electron chi connectivity index (χ4n) is 2.11. The molecule has 0 bridgehead atoms. The van der Waals surface area contributed by atoms with Crippen molar-refractivity contribution in [1.29, 1.82) is 0 Å². The SMILES string of the molecule is CCCCCC(C)(C)CNC(=O)c1c(F)cc(Br)cc1F. The van der Waals surface area contributed by atoms with E-state index in [2.05, 4.69) is 28.2 Å². The van der Waals surface area contributed by atoms with Gasteiger partial charge in [-0.25, -0.2) is 8.78 Å². The van der Waals surface area contributed by atoms with Gasteiger partial charge in [0.15, 0.2) is 0 Å².